The van der Waals surface area contributed by atoms with Crippen LogP contribution in [0.25, 0.3) is 0 Å². The molecule has 0 amide bonds. The Hall–Kier alpha value is 0.217. The summed E-state index contributed by atoms with van der Waals surface area (Å²) in [5, 5.41) is 0. The van der Waals surface area contributed by atoms with E-state index in [2.05, 4.69) is 6.92 Å². The molecule has 38 valence electrons. The Morgan fingerprint density at radius 2 is 1.50 bits per heavy atom. The monoisotopic (exact) mass is 102 g/mol. The zero-order valence-corrected chi connectivity index (χ0v) is 6.83. The molecule has 0 spiro atoms. The van der Waals surface area contributed by atoms with Crippen molar-refractivity contribution in [3.63, 3.8) is 0 Å². The van der Waals surface area contributed by atoms with Gasteiger partial charge in [-0.1, -0.05) is 32.2 Å². The van der Waals surface area contributed by atoms with Crippen LogP contribution in [0.15, 0.2) is 0 Å². The van der Waals surface area contributed by atoms with Crippen molar-refractivity contribution in [1.29, 1.82) is 0 Å². The highest BCUT2D eigenvalue weighted by atomic mass is 28.1. The molecule has 0 unspecified atom stereocenters. The van der Waals surface area contributed by atoms with Gasteiger partial charge >= 0.3 is 0 Å². The molecule has 0 saturated heterocycles. The lowest BCUT2D eigenvalue weighted by Gasteiger charge is -1.47. The van der Waals surface area contributed by atoms with E-state index >= 15 is 0 Å². The lowest BCUT2D eigenvalue weighted by Crippen LogP contribution is -1.41. The van der Waals surface area contributed by atoms with E-state index in [1.165, 1.54) is 35.5 Å². The molecular formula is C5H14Si. The zero-order valence-electron chi connectivity index (χ0n) is 4.83. The van der Waals surface area contributed by atoms with Gasteiger partial charge < -0.3 is 0 Å². The van der Waals surface area contributed by atoms with E-state index in [0.717, 1.165) is 0 Å². The standard InChI is InChI=1S/C3H6.C2H8Si/c1-2-3-1;1-2-3/h1-3H2;2H2,1,3H3. The quantitative estimate of drug-likeness (QED) is 0.400. The SMILES string of the molecule is C1CC1.CC[SiH3]. The summed E-state index contributed by atoms with van der Waals surface area (Å²) >= 11 is 0. The largest absolute Gasteiger partial charge is 0.0686 e. The maximum atomic E-state index is 2.19. The van der Waals surface area contributed by atoms with E-state index in [9.17, 15) is 0 Å². The first-order valence-corrected chi connectivity index (χ1v) is 4.33. The Morgan fingerprint density at radius 1 is 1.33 bits per heavy atom. The average molecular weight is 102 g/mol. The van der Waals surface area contributed by atoms with Gasteiger partial charge in [0, 0.05) is 10.2 Å². The van der Waals surface area contributed by atoms with Crippen LogP contribution in [0.2, 0.25) is 6.04 Å². The molecule has 0 aromatic carbocycles. The van der Waals surface area contributed by atoms with Crippen molar-refractivity contribution in [2.45, 2.75) is 32.2 Å². The van der Waals surface area contributed by atoms with Crippen LogP contribution in [0.3, 0.4) is 0 Å². The van der Waals surface area contributed by atoms with Crippen molar-refractivity contribution in [3.8, 4) is 0 Å². The molecule has 1 aliphatic rings. The van der Waals surface area contributed by atoms with E-state index in [1.807, 2.05) is 0 Å². The fraction of sp³-hybridized carbons (Fsp3) is 1.00. The lowest BCUT2D eigenvalue weighted by atomic mass is 11.0. The van der Waals surface area contributed by atoms with Crippen molar-refractivity contribution in [2.75, 3.05) is 0 Å². The van der Waals surface area contributed by atoms with Crippen LogP contribution in [0, 0.1) is 0 Å². The minimum Gasteiger partial charge on any atom is -0.0686 e. The van der Waals surface area contributed by atoms with Crippen LogP contribution in [-0.2, 0) is 0 Å². The minimum atomic E-state index is 1.37. The van der Waals surface area contributed by atoms with E-state index < -0.39 is 0 Å². The van der Waals surface area contributed by atoms with E-state index in [1.54, 1.807) is 0 Å². The second kappa shape index (κ2) is 5.22. The molecule has 0 nitrogen and oxygen atoms in total. The summed E-state index contributed by atoms with van der Waals surface area (Å²) in [6.07, 6.45) is 4.50. The van der Waals surface area contributed by atoms with Crippen molar-refractivity contribution >= 4 is 10.2 Å². The predicted molar refractivity (Wildman–Crippen MR) is 34.3 cm³/mol. The Labute approximate surface area is 43.4 Å². The second-order valence-electron chi connectivity index (χ2n) is 1.77. The van der Waals surface area contributed by atoms with Gasteiger partial charge in [-0.15, -0.1) is 0 Å². The van der Waals surface area contributed by atoms with Gasteiger partial charge in [-0.25, -0.2) is 0 Å². The van der Waals surface area contributed by atoms with Crippen LogP contribution >= 0.6 is 0 Å². The molecule has 0 atom stereocenters. The first-order chi connectivity index (χ1) is 2.91. The van der Waals surface area contributed by atoms with Crippen LogP contribution in [0.1, 0.15) is 26.2 Å². The van der Waals surface area contributed by atoms with Gasteiger partial charge in [-0.3, -0.25) is 0 Å². The molecule has 0 radical (unpaired) electrons. The van der Waals surface area contributed by atoms with Crippen LogP contribution < -0.4 is 0 Å². The molecule has 0 N–H and O–H groups in total. The van der Waals surface area contributed by atoms with E-state index in [-0.39, 0.29) is 0 Å². The third-order valence-corrected chi connectivity index (χ3v) is 0.354. The molecule has 0 heterocycles. The molecule has 1 aliphatic carbocycles. The second-order valence-corrected chi connectivity index (χ2v) is 3.18. The van der Waals surface area contributed by atoms with Gasteiger partial charge in [0.15, 0.2) is 0 Å². The van der Waals surface area contributed by atoms with Crippen LogP contribution in [0.4, 0.5) is 0 Å². The molecule has 1 heteroatoms. The Balaban J connectivity index is 0.0000000833. The van der Waals surface area contributed by atoms with Crippen molar-refractivity contribution in [2.24, 2.45) is 0 Å². The Kier molecular flexibility index (Phi) is 5.41. The molecule has 0 aliphatic heterocycles. The van der Waals surface area contributed by atoms with Crippen molar-refractivity contribution in [1.82, 2.24) is 0 Å². The zero-order chi connectivity index (χ0) is 4.83. The molecule has 0 aromatic heterocycles. The summed E-state index contributed by atoms with van der Waals surface area (Å²) in [5.74, 6) is 0. The lowest BCUT2D eigenvalue weighted by molar-refractivity contribution is 1.48. The normalized spacial score (nSPS) is 15.5. The third kappa shape index (κ3) is 29.5. The first-order valence-electron chi connectivity index (χ1n) is 2.91. The van der Waals surface area contributed by atoms with E-state index in [4.69, 9.17) is 0 Å². The molecule has 1 rings (SSSR count). The van der Waals surface area contributed by atoms with Gasteiger partial charge in [0.1, 0.15) is 0 Å². The minimum absolute atomic E-state index is 1.37. The van der Waals surface area contributed by atoms with Crippen molar-refractivity contribution in [3.05, 3.63) is 0 Å². The van der Waals surface area contributed by atoms with Crippen molar-refractivity contribution < 1.29 is 0 Å². The third-order valence-electron chi connectivity index (χ3n) is 0.354. The van der Waals surface area contributed by atoms with E-state index in [0.29, 0.717) is 0 Å². The summed E-state index contributed by atoms with van der Waals surface area (Å²) in [6.45, 7) is 2.19. The highest BCUT2D eigenvalue weighted by molar-refractivity contribution is 6.08. The molecule has 0 aromatic rings. The molecule has 1 fully saturated rings. The first kappa shape index (κ1) is 6.22. The summed E-state index contributed by atoms with van der Waals surface area (Å²) < 4.78 is 0. The molecular weight excluding hydrogens is 88.1 g/mol. The van der Waals surface area contributed by atoms with Gasteiger partial charge in [0.25, 0.3) is 0 Å². The summed E-state index contributed by atoms with van der Waals surface area (Å²) in [4.78, 5) is 0. The summed E-state index contributed by atoms with van der Waals surface area (Å²) in [6, 6.07) is 1.39. The smallest absolute Gasteiger partial charge is 0.00244 e. The Morgan fingerprint density at radius 3 is 1.50 bits per heavy atom. The summed E-state index contributed by atoms with van der Waals surface area (Å²) in [7, 11) is 1.37. The summed E-state index contributed by atoms with van der Waals surface area (Å²) in [5.41, 5.74) is 0. The molecule has 6 heavy (non-hydrogen) atoms. The van der Waals surface area contributed by atoms with Gasteiger partial charge in [0.05, 0.1) is 0 Å². The fourth-order valence-corrected chi connectivity index (χ4v) is 0. The maximum absolute atomic E-state index is 2.19. The highest BCUT2D eigenvalue weighted by Gasteiger charge is 1.95. The predicted octanol–water partition coefficient (Wildman–Crippen LogP) is 0.960. The average Bonchev–Trinajstić information content (AvgIpc) is 2.11. The Bertz CT molecular complexity index is 15.1. The topological polar surface area (TPSA) is 0 Å². The highest BCUT2D eigenvalue weighted by Crippen LogP contribution is 2.14. The number of rotatable bonds is 0. The molecule has 1 saturated carbocycles. The fourth-order valence-electron chi connectivity index (χ4n) is 0. The van der Waals surface area contributed by atoms with Gasteiger partial charge in [0.2, 0.25) is 0 Å². The maximum Gasteiger partial charge on any atom is 0.00244 e. The van der Waals surface area contributed by atoms with Crippen LogP contribution in [0.5, 0.6) is 0 Å². The van der Waals surface area contributed by atoms with Gasteiger partial charge in [-0.2, -0.15) is 0 Å². The number of hydrogen-bond acceptors (Lipinski definition) is 0. The molecule has 0 bridgehead atoms. The van der Waals surface area contributed by atoms with Crippen LogP contribution in [-0.4, -0.2) is 10.2 Å². The van der Waals surface area contributed by atoms with Gasteiger partial charge in [-0.05, 0) is 0 Å². The number of hydrogen-bond donors (Lipinski definition) is 0.